The lowest BCUT2D eigenvalue weighted by atomic mass is 10.2. The molecule has 3 heterocycles. The van der Waals surface area contributed by atoms with E-state index in [2.05, 4.69) is 11.2 Å². The fraction of sp³-hybridized carbons (Fsp3) is 0.375. The lowest BCUT2D eigenvalue weighted by molar-refractivity contribution is 0.0916. The van der Waals surface area contributed by atoms with Gasteiger partial charge in [0.25, 0.3) is 6.35 Å². The van der Waals surface area contributed by atoms with E-state index in [0.29, 0.717) is 0 Å². The summed E-state index contributed by atoms with van der Waals surface area (Å²) in [6.07, 6.45) is 6.70. The molecule has 0 N–H and O–H groups in total. The summed E-state index contributed by atoms with van der Waals surface area (Å²) in [5.41, 5.74) is 1.21. The summed E-state index contributed by atoms with van der Waals surface area (Å²) in [6.45, 7) is 0. The van der Waals surface area contributed by atoms with Crippen LogP contribution in [-0.4, -0.2) is 22.7 Å². The normalized spacial score (nSPS) is 30.7. The Morgan fingerprint density at radius 3 is 3.67 bits per heavy atom. The van der Waals surface area contributed by atoms with Crippen LogP contribution in [0.25, 0.3) is 0 Å². The van der Waals surface area contributed by atoms with Gasteiger partial charge in [0.2, 0.25) is 0 Å². The summed E-state index contributed by atoms with van der Waals surface area (Å²) in [5.74, 6) is 1.16. The Kier molecular flexibility index (Phi) is 1.26. The molecule has 0 aromatic carbocycles. The Labute approximate surface area is 74.8 Å². The summed E-state index contributed by atoms with van der Waals surface area (Å²) < 4.78 is 5.27. The summed E-state index contributed by atoms with van der Waals surface area (Å²) >= 11 is 1.87. The number of rotatable bonds is 0. The summed E-state index contributed by atoms with van der Waals surface area (Å²) in [4.78, 5) is 7.78. The second-order valence-electron chi connectivity index (χ2n) is 2.86. The average Bonchev–Trinajstić information content (AvgIpc) is 2.64. The number of thioether (sulfide) groups is 1. The second kappa shape index (κ2) is 2.29. The van der Waals surface area contributed by atoms with Crippen LogP contribution in [0.2, 0.25) is 0 Å². The van der Waals surface area contributed by atoms with Crippen molar-refractivity contribution in [2.45, 2.75) is 12.8 Å². The van der Waals surface area contributed by atoms with Gasteiger partial charge in [-0.2, -0.15) is 0 Å². The number of fused-ring (bicyclic) bond motifs is 2. The quantitative estimate of drug-likeness (QED) is 0.565. The van der Waals surface area contributed by atoms with Gasteiger partial charge in [0, 0.05) is 29.5 Å². The molecule has 62 valence electrons. The second-order valence-corrected chi connectivity index (χ2v) is 4.00. The molecule has 0 radical (unpaired) electrons. The van der Waals surface area contributed by atoms with Gasteiger partial charge in [-0.05, 0) is 0 Å². The van der Waals surface area contributed by atoms with Gasteiger partial charge in [-0.15, -0.1) is 11.8 Å². The predicted octanol–water partition coefficient (Wildman–Crippen LogP) is 1.51. The van der Waals surface area contributed by atoms with E-state index in [0.717, 1.165) is 12.2 Å². The molecule has 3 nitrogen and oxygen atoms in total. The van der Waals surface area contributed by atoms with Gasteiger partial charge >= 0.3 is 0 Å². The minimum absolute atomic E-state index is 0.109. The van der Waals surface area contributed by atoms with Gasteiger partial charge in [-0.25, -0.2) is 4.99 Å². The van der Waals surface area contributed by atoms with E-state index < -0.39 is 0 Å². The highest BCUT2D eigenvalue weighted by Gasteiger charge is 2.28. The van der Waals surface area contributed by atoms with Crippen molar-refractivity contribution in [1.82, 2.24) is 4.90 Å². The highest BCUT2D eigenvalue weighted by Crippen LogP contribution is 2.33. The number of ether oxygens (including phenoxy) is 1. The molecule has 0 aromatic rings. The molecule has 1 saturated heterocycles. The highest BCUT2D eigenvalue weighted by molar-refractivity contribution is 8.04. The Morgan fingerprint density at radius 2 is 2.67 bits per heavy atom. The van der Waals surface area contributed by atoms with Gasteiger partial charge < -0.3 is 4.74 Å². The molecule has 0 amide bonds. The topological polar surface area (TPSA) is 24.8 Å². The molecule has 3 aliphatic heterocycles. The molecule has 0 saturated carbocycles. The van der Waals surface area contributed by atoms with Crippen molar-refractivity contribution in [3.63, 3.8) is 0 Å². The van der Waals surface area contributed by atoms with E-state index in [1.165, 1.54) is 10.6 Å². The molecule has 0 bridgehead atoms. The Bertz CT molecular complexity index is 308. The fourth-order valence-electron chi connectivity index (χ4n) is 1.50. The molecule has 0 spiro atoms. The van der Waals surface area contributed by atoms with Crippen molar-refractivity contribution < 1.29 is 4.74 Å². The van der Waals surface area contributed by atoms with E-state index in [4.69, 9.17) is 4.74 Å². The third-order valence-corrected chi connectivity index (χ3v) is 3.16. The Hall–Kier alpha value is -0.900. The van der Waals surface area contributed by atoms with Gasteiger partial charge in [0.15, 0.2) is 0 Å². The zero-order chi connectivity index (χ0) is 7.97. The van der Waals surface area contributed by atoms with E-state index in [-0.39, 0.29) is 6.35 Å². The van der Waals surface area contributed by atoms with Crippen LogP contribution in [0, 0.1) is 0 Å². The lowest BCUT2D eigenvalue weighted by Gasteiger charge is -2.22. The van der Waals surface area contributed by atoms with Gasteiger partial charge in [0.1, 0.15) is 6.26 Å². The molecule has 12 heavy (non-hydrogen) atoms. The molecule has 3 rings (SSSR count). The smallest absolute Gasteiger partial charge is 0.273 e. The average molecular weight is 180 g/mol. The minimum Gasteiger partial charge on any atom is -0.456 e. The first-order chi connectivity index (χ1) is 5.93. The van der Waals surface area contributed by atoms with Crippen LogP contribution in [-0.2, 0) is 4.74 Å². The number of aliphatic imine (C=N–C) groups is 1. The van der Waals surface area contributed by atoms with Crippen molar-refractivity contribution in [3.05, 3.63) is 23.6 Å². The fourth-order valence-corrected chi connectivity index (χ4v) is 2.53. The number of allylic oxidation sites excluding steroid dienone is 1. The van der Waals surface area contributed by atoms with Crippen molar-refractivity contribution in [1.29, 1.82) is 0 Å². The zero-order valence-electron chi connectivity index (χ0n) is 6.43. The molecule has 3 aliphatic rings. The predicted molar refractivity (Wildman–Crippen MR) is 48.4 cm³/mol. The summed E-state index contributed by atoms with van der Waals surface area (Å²) in [6, 6.07) is 0. The van der Waals surface area contributed by atoms with E-state index >= 15 is 0 Å². The van der Waals surface area contributed by atoms with Crippen LogP contribution in [0.1, 0.15) is 6.42 Å². The van der Waals surface area contributed by atoms with Crippen molar-refractivity contribution >= 4 is 17.5 Å². The van der Waals surface area contributed by atoms with Crippen LogP contribution in [0.5, 0.6) is 0 Å². The van der Waals surface area contributed by atoms with E-state index in [1.807, 2.05) is 22.9 Å². The SMILES string of the molecule is C1=CN2C=C3SCCC3=NC2O1. The molecular weight excluding hydrogens is 172 g/mol. The third-order valence-electron chi connectivity index (χ3n) is 2.10. The van der Waals surface area contributed by atoms with Gasteiger partial charge in [-0.1, -0.05) is 0 Å². The van der Waals surface area contributed by atoms with Crippen molar-refractivity contribution in [3.8, 4) is 0 Å². The molecular formula is C8H8N2OS. The molecule has 1 fully saturated rings. The third kappa shape index (κ3) is 0.813. The number of nitrogens with zero attached hydrogens (tertiary/aromatic N) is 2. The van der Waals surface area contributed by atoms with E-state index in [9.17, 15) is 0 Å². The van der Waals surface area contributed by atoms with Crippen molar-refractivity contribution in [2.75, 3.05) is 5.75 Å². The molecule has 1 atom stereocenters. The molecule has 0 aliphatic carbocycles. The van der Waals surface area contributed by atoms with Crippen LogP contribution < -0.4 is 0 Å². The Morgan fingerprint density at radius 1 is 1.67 bits per heavy atom. The van der Waals surface area contributed by atoms with Crippen LogP contribution >= 0.6 is 11.8 Å². The monoisotopic (exact) mass is 180 g/mol. The van der Waals surface area contributed by atoms with Crippen LogP contribution in [0.4, 0.5) is 0 Å². The Balaban J connectivity index is 2.01. The maximum absolute atomic E-state index is 5.27. The van der Waals surface area contributed by atoms with Gasteiger partial charge in [0.05, 0.1) is 5.71 Å². The standard InChI is InChI=1S/C8H8N2OS/c1-4-12-7-5-10-2-3-11-8(10)9-6(1)7/h2-3,5,8H,1,4H2. The highest BCUT2D eigenvalue weighted by atomic mass is 32.2. The lowest BCUT2D eigenvalue weighted by Crippen LogP contribution is -2.26. The van der Waals surface area contributed by atoms with Gasteiger partial charge in [-0.3, -0.25) is 4.90 Å². The molecule has 4 heteroatoms. The maximum atomic E-state index is 5.27. The summed E-state index contributed by atoms with van der Waals surface area (Å²) in [7, 11) is 0. The van der Waals surface area contributed by atoms with Crippen LogP contribution in [0.15, 0.2) is 28.6 Å². The first kappa shape index (κ1) is 6.60. The first-order valence-corrected chi connectivity index (χ1v) is 4.93. The van der Waals surface area contributed by atoms with E-state index in [1.54, 1.807) is 6.26 Å². The first-order valence-electron chi connectivity index (χ1n) is 3.95. The summed E-state index contributed by atoms with van der Waals surface area (Å²) in [5, 5.41) is 0. The minimum atomic E-state index is -0.109. The van der Waals surface area contributed by atoms with Crippen molar-refractivity contribution in [2.24, 2.45) is 4.99 Å². The largest absolute Gasteiger partial charge is 0.456 e. The zero-order valence-corrected chi connectivity index (χ0v) is 7.25. The molecule has 1 unspecified atom stereocenters. The number of hydrogen-bond donors (Lipinski definition) is 0. The maximum Gasteiger partial charge on any atom is 0.273 e. The number of hydrogen-bond acceptors (Lipinski definition) is 4. The molecule has 0 aromatic heterocycles. The van der Waals surface area contributed by atoms with Crippen LogP contribution in [0.3, 0.4) is 0 Å².